The van der Waals surface area contributed by atoms with Crippen LogP contribution in [0.15, 0.2) is 29.3 Å². The van der Waals surface area contributed by atoms with Crippen LogP contribution >= 0.6 is 0 Å². The second kappa shape index (κ2) is 4.74. The zero-order valence-electron chi connectivity index (χ0n) is 9.80. The Kier molecular flexibility index (Phi) is 3.13. The molecule has 2 rings (SSSR count). The summed E-state index contributed by atoms with van der Waals surface area (Å²) in [5, 5.41) is 8.81. The summed E-state index contributed by atoms with van der Waals surface area (Å²) in [6.45, 7) is 2.38. The molecule has 7 heteroatoms. The molecule has 0 saturated carbocycles. The molecule has 2 aromatic rings. The molecule has 0 unspecified atom stereocenters. The number of nitrogen functional groups attached to an aromatic ring is 1. The number of nitrogens with zero attached hydrogens (tertiary/aromatic N) is 2. The molecule has 2 aromatic heterocycles. The lowest BCUT2D eigenvalue weighted by Crippen LogP contribution is -2.20. The van der Waals surface area contributed by atoms with Crippen molar-refractivity contribution in [1.82, 2.24) is 14.8 Å². The molecule has 0 spiro atoms. The third kappa shape index (κ3) is 2.24. The van der Waals surface area contributed by atoms with E-state index in [-0.39, 0.29) is 16.9 Å². The molecule has 4 N–H and O–H groups in total. The number of carbonyl (C=O) groups excluding carboxylic acids is 1. The third-order valence-corrected chi connectivity index (χ3v) is 2.48. The van der Waals surface area contributed by atoms with Gasteiger partial charge in [0, 0.05) is 18.8 Å². The number of pyridine rings is 1. The van der Waals surface area contributed by atoms with Gasteiger partial charge >= 0.3 is 0 Å². The lowest BCUT2D eigenvalue weighted by molar-refractivity contribution is 0.102. The van der Waals surface area contributed by atoms with Gasteiger partial charge in [0.25, 0.3) is 11.5 Å². The molecule has 0 fully saturated rings. The van der Waals surface area contributed by atoms with E-state index in [1.54, 1.807) is 12.3 Å². The summed E-state index contributed by atoms with van der Waals surface area (Å²) in [4.78, 5) is 23.2. The largest absolute Gasteiger partial charge is 0.396 e. The van der Waals surface area contributed by atoms with Crippen molar-refractivity contribution in [3.8, 4) is 0 Å². The first kappa shape index (κ1) is 11.9. The van der Waals surface area contributed by atoms with Crippen molar-refractivity contribution in [3.05, 3.63) is 40.6 Å². The summed E-state index contributed by atoms with van der Waals surface area (Å²) in [5.74, 6) is -0.397. The smallest absolute Gasteiger partial charge is 0.275 e. The van der Waals surface area contributed by atoms with E-state index in [0.29, 0.717) is 12.2 Å². The molecular formula is C11H13N5O2. The first-order valence-corrected chi connectivity index (χ1v) is 5.42. The zero-order valence-corrected chi connectivity index (χ0v) is 9.80. The number of H-pyrrole nitrogens is 1. The van der Waals surface area contributed by atoms with E-state index in [0.717, 1.165) is 0 Å². The number of aryl methyl sites for hydroxylation is 1. The van der Waals surface area contributed by atoms with E-state index in [1.165, 1.54) is 16.8 Å². The van der Waals surface area contributed by atoms with Crippen molar-refractivity contribution in [3.63, 3.8) is 0 Å². The summed E-state index contributed by atoms with van der Waals surface area (Å²) in [6.07, 6.45) is 2.94. The van der Waals surface area contributed by atoms with E-state index < -0.39 is 5.91 Å². The molecule has 0 saturated heterocycles. The Bertz CT molecular complexity index is 628. The maximum Gasteiger partial charge on any atom is 0.275 e. The third-order valence-electron chi connectivity index (χ3n) is 2.48. The fourth-order valence-electron chi connectivity index (χ4n) is 1.52. The Labute approximate surface area is 103 Å². The van der Waals surface area contributed by atoms with Crippen LogP contribution in [0.1, 0.15) is 17.4 Å². The molecule has 2 heterocycles. The van der Waals surface area contributed by atoms with Crippen molar-refractivity contribution in [2.45, 2.75) is 13.5 Å². The maximum absolute atomic E-state index is 11.8. The van der Waals surface area contributed by atoms with E-state index >= 15 is 0 Å². The van der Waals surface area contributed by atoms with Crippen LogP contribution in [0.3, 0.4) is 0 Å². The summed E-state index contributed by atoms with van der Waals surface area (Å²) in [7, 11) is 0. The van der Waals surface area contributed by atoms with Gasteiger partial charge in [0.05, 0.1) is 17.6 Å². The SMILES string of the molecule is CCn1cc(NC(=O)c2[nH]ncc2N)ccc1=O. The molecule has 0 bridgehead atoms. The summed E-state index contributed by atoms with van der Waals surface area (Å²) < 4.78 is 1.49. The van der Waals surface area contributed by atoms with Crippen molar-refractivity contribution < 1.29 is 4.79 Å². The van der Waals surface area contributed by atoms with Gasteiger partial charge in [-0.2, -0.15) is 5.10 Å². The number of aromatic amines is 1. The number of aromatic nitrogens is 3. The number of amides is 1. The van der Waals surface area contributed by atoms with E-state index in [2.05, 4.69) is 15.5 Å². The first-order valence-electron chi connectivity index (χ1n) is 5.42. The number of hydrogen-bond donors (Lipinski definition) is 3. The predicted octanol–water partition coefficient (Wildman–Crippen LogP) is 0.426. The maximum atomic E-state index is 11.8. The molecule has 0 aliphatic rings. The van der Waals surface area contributed by atoms with Gasteiger partial charge in [0.15, 0.2) is 0 Å². The fraction of sp³-hybridized carbons (Fsp3) is 0.182. The topological polar surface area (TPSA) is 106 Å². The Morgan fingerprint density at radius 3 is 2.94 bits per heavy atom. The monoisotopic (exact) mass is 247 g/mol. The highest BCUT2D eigenvalue weighted by molar-refractivity contribution is 6.05. The van der Waals surface area contributed by atoms with Gasteiger partial charge in [-0.15, -0.1) is 0 Å². The van der Waals surface area contributed by atoms with Crippen LogP contribution in [-0.4, -0.2) is 20.7 Å². The van der Waals surface area contributed by atoms with E-state index in [4.69, 9.17) is 5.73 Å². The minimum Gasteiger partial charge on any atom is -0.396 e. The van der Waals surface area contributed by atoms with Crippen molar-refractivity contribution >= 4 is 17.3 Å². The summed E-state index contributed by atoms with van der Waals surface area (Å²) >= 11 is 0. The first-order chi connectivity index (χ1) is 8.61. The Morgan fingerprint density at radius 1 is 1.56 bits per heavy atom. The second-order valence-corrected chi connectivity index (χ2v) is 3.70. The molecule has 0 aromatic carbocycles. The van der Waals surface area contributed by atoms with Crippen LogP contribution in [0.4, 0.5) is 11.4 Å². The van der Waals surface area contributed by atoms with Crippen LogP contribution in [0, 0.1) is 0 Å². The predicted molar refractivity (Wildman–Crippen MR) is 67.3 cm³/mol. The highest BCUT2D eigenvalue weighted by Crippen LogP contribution is 2.10. The van der Waals surface area contributed by atoms with Gasteiger partial charge in [-0.05, 0) is 13.0 Å². The van der Waals surface area contributed by atoms with Crippen molar-refractivity contribution in [2.24, 2.45) is 0 Å². The Balaban J connectivity index is 2.22. The lowest BCUT2D eigenvalue weighted by Gasteiger charge is -2.07. The molecule has 0 aliphatic carbocycles. The van der Waals surface area contributed by atoms with Gasteiger partial charge < -0.3 is 15.6 Å². The van der Waals surface area contributed by atoms with Gasteiger partial charge in [-0.3, -0.25) is 14.7 Å². The number of hydrogen-bond acceptors (Lipinski definition) is 4. The van der Waals surface area contributed by atoms with Gasteiger partial charge in [-0.1, -0.05) is 0 Å². The summed E-state index contributed by atoms with van der Waals surface area (Å²) in [6, 6.07) is 2.94. The van der Waals surface area contributed by atoms with Crippen molar-refractivity contribution in [1.29, 1.82) is 0 Å². The molecule has 18 heavy (non-hydrogen) atoms. The molecule has 7 nitrogen and oxygen atoms in total. The molecule has 0 radical (unpaired) electrons. The number of nitrogens with one attached hydrogen (secondary N) is 2. The van der Waals surface area contributed by atoms with Gasteiger partial charge in [0.2, 0.25) is 0 Å². The molecular weight excluding hydrogens is 234 g/mol. The van der Waals surface area contributed by atoms with Crippen LogP contribution in [0.25, 0.3) is 0 Å². The summed E-state index contributed by atoms with van der Waals surface area (Å²) in [5.41, 5.74) is 6.45. The van der Waals surface area contributed by atoms with Crippen molar-refractivity contribution in [2.75, 3.05) is 11.1 Å². The highest BCUT2D eigenvalue weighted by Gasteiger charge is 2.12. The fourth-order valence-corrected chi connectivity index (χ4v) is 1.52. The molecule has 0 aliphatic heterocycles. The number of carbonyl (C=O) groups is 1. The van der Waals surface area contributed by atoms with Crippen LogP contribution in [-0.2, 0) is 6.54 Å². The van der Waals surface area contributed by atoms with E-state index in [9.17, 15) is 9.59 Å². The minimum atomic E-state index is -0.397. The zero-order chi connectivity index (χ0) is 13.1. The lowest BCUT2D eigenvalue weighted by atomic mass is 10.3. The average Bonchev–Trinajstić information content (AvgIpc) is 2.78. The van der Waals surface area contributed by atoms with Crippen LogP contribution < -0.4 is 16.6 Å². The van der Waals surface area contributed by atoms with Gasteiger partial charge in [-0.25, -0.2) is 0 Å². The Hall–Kier alpha value is -2.57. The molecule has 0 atom stereocenters. The minimum absolute atomic E-state index is 0.114. The van der Waals surface area contributed by atoms with Crippen LogP contribution in [0.5, 0.6) is 0 Å². The van der Waals surface area contributed by atoms with E-state index in [1.807, 2.05) is 6.92 Å². The second-order valence-electron chi connectivity index (χ2n) is 3.70. The van der Waals surface area contributed by atoms with Crippen LogP contribution in [0.2, 0.25) is 0 Å². The normalized spacial score (nSPS) is 10.3. The number of rotatable bonds is 3. The highest BCUT2D eigenvalue weighted by atomic mass is 16.2. The Morgan fingerprint density at radius 2 is 2.33 bits per heavy atom. The van der Waals surface area contributed by atoms with Gasteiger partial charge in [0.1, 0.15) is 5.69 Å². The standard InChI is InChI=1S/C11H13N5O2/c1-2-16-6-7(3-4-9(16)17)14-11(18)10-8(12)5-13-15-10/h3-6H,2,12H2,1H3,(H,13,15)(H,14,18). The number of nitrogens with two attached hydrogens (primary N) is 1. The quantitative estimate of drug-likeness (QED) is 0.731. The molecule has 1 amide bonds. The number of anilines is 2. The molecule has 94 valence electrons. The average molecular weight is 247 g/mol.